The predicted molar refractivity (Wildman–Crippen MR) is 62.2 cm³/mol. The highest BCUT2D eigenvalue weighted by Crippen LogP contribution is 2.14. The molecule has 2 heteroatoms. The van der Waals surface area contributed by atoms with Crippen molar-refractivity contribution in [3.05, 3.63) is 29.8 Å². The summed E-state index contributed by atoms with van der Waals surface area (Å²) in [4.78, 5) is 0. The summed E-state index contributed by atoms with van der Waals surface area (Å²) in [6, 6.07) is 8.11. The Bertz CT molecular complexity index is 284. The molecule has 1 rings (SSSR count). The molecule has 15 heavy (non-hydrogen) atoms. The summed E-state index contributed by atoms with van der Waals surface area (Å²) >= 11 is 0. The molecule has 0 aliphatic rings. The van der Waals surface area contributed by atoms with Crippen LogP contribution in [-0.4, -0.2) is 17.8 Å². The van der Waals surface area contributed by atoms with Crippen molar-refractivity contribution in [2.24, 2.45) is 0 Å². The zero-order valence-electron chi connectivity index (χ0n) is 9.57. The van der Waals surface area contributed by atoms with Gasteiger partial charge in [0.05, 0.1) is 12.7 Å². The third-order valence-corrected chi connectivity index (χ3v) is 2.50. The Morgan fingerprint density at radius 1 is 1.33 bits per heavy atom. The molecule has 1 unspecified atom stereocenters. The molecule has 1 aromatic rings. The number of aliphatic hydroxyl groups is 1. The van der Waals surface area contributed by atoms with Crippen molar-refractivity contribution in [2.75, 3.05) is 6.61 Å². The molecule has 0 aromatic heterocycles. The van der Waals surface area contributed by atoms with E-state index in [0.717, 1.165) is 18.6 Å². The minimum absolute atomic E-state index is 0.237. The molecule has 0 saturated heterocycles. The van der Waals surface area contributed by atoms with Gasteiger partial charge in [-0.05, 0) is 30.5 Å². The molecule has 0 aliphatic carbocycles. The number of rotatable bonds is 6. The number of ether oxygens (including phenoxy) is 1. The monoisotopic (exact) mass is 208 g/mol. The van der Waals surface area contributed by atoms with Gasteiger partial charge in [0.25, 0.3) is 0 Å². The summed E-state index contributed by atoms with van der Waals surface area (Å²) in [6.45, 7) is 4.69. The molecule has 0 heterocycles. The van der Waals surface area contributed by atoms with Crippen molar-refractivity contribution in [3.8, 4) is 5.75 Å². The van der Waals surface area contributed by atoms with Crippen molar-refractivity contribution in [1.29, 1.82) is 0 Å². The van der Waals surface area contributed by atoms with Gasteiger partial charge in [0.2, 0.25) is 0 Å². The van der Waals surface area contributed by atoms with E-state index in [0.29, 0.717) is 13.0 Å². The van der Waals surface area contributed by atoms with Crippen LogP contribution in [0.25, 0.3) is 0 Å². The average Bonchev–Trinajstić information content (AvgIpc) is 2.29. The van der Waals surface area contributed by atoms with E-state index in [4.69, 9.17) is 4.74 Å². The number of benzene rings is 1. The van der Waals surface area contributed by atoms with E-state index in [1.165, 1.54) is 5.56 Å². The van der Waals surface area contributed by atoms with Crippen molar-refractivity contribution in [3.63, 3.8) is 0 Å². The first kappa shape index (κ1) is 12.1. The molecule has 1 N–H and O–H groups in total. The second kappa shape index (κ2) is 6.46. The fraction of sp³-hybridized carbons (Fsp3) is 0.538. The molecule has 0 fully saturated rings. The van der Waals surface area contributed by atoms with Crippen LogP contribution in [0.3, 0.4) is 0 Å². The van der Waals surface area contributed by atoms with Gasteiger partial charge in [-0.25, -0.2) is 0 Å². The molecule has 0 spiro atoms. The van der Waals surface area contributed by atoms with E-state index in [-0.39, 0.29) is 6.10 Å². The molecular weight excluding hydrogens is 188 g/mol. The summed E-state index contributed by atoms with van der Waals surface area (Å²) < 4.78 is 5.56. The Morgan fingerprint density at radius 2 is 2.13 bits per heavy atom. The van der Waals surface area contributed by atoms with Crippen LogP contribution >= 0.6 is 0 Å². The molecule has 0 amide bonds. The Kier molecular flexibility index (Phi) is 5.19. The number of hydrogen-bond donors (Lipinski definition) is 1. The van der Waals surface area contributed by atoms with Gasteiger partial charge < -0.3 is 9.84 Å². The highest BCUT2D eigenvalue weighted by Gasteiger charge is 2.01. The highest BCUT2D eigenvalue weighted by atomic mass is 16.5. The molecule has 84 valence electrons. The zero-order chi connectivity index (χ0) is 11.1. The second-order valence-corrected chi connectivity index (χ2v) is 3.70. The van der Waals surface area contributed by atoms with E-state index < -0.39 is 0 Å². The predicted octanol–water partition coefficient (Wildman–Crippen LogP) is 2.79. The third-order valence-electron chi connectivity index (χ3n) is 2.50. The second-order valence-electron chi connectivity index (χ2n) is 3.70. The number of aryl methyl sites for hydroxylation is 1. The number of hydrogen-bond acceptors (Lipinski definition) is 2. The third kappa shape index (κ3) is 4.34. The molecule has 2 nitrogen and oxygen atoms in total. The first-order chi connectivity index (χ1) is 7.26. The lowest BCUT2D eigenvalue weighted by atomic mass is 10.2. The molecule has 1 atom stereocenters. The minimum Gasteiger partial charge on any atom is -0.493 e. The maximum atomic E-state index is 9.36. The van der Waals surface area contributed by atoms with Crippen LogP contribution in [0.4, 0.5) is 0 Å². The maximum Gasteiger partial charge on any atom is 0.119 e. The van der Waals surface area contributed by atoms with Gasteiger partial charge in [0.1, 0.15) is 5.75 Å². The van der Waals surface area contributed by atoms with Gasteiger partial charge in [-0.15, -0.1) is 0 Å². The lowest BCUT2D eigenvalue weighted by molar-refractivity contribution is 0.135. The standard InChI is InChI=1S/C13H20O2/c1-3-11-6-5-7-13(10-11)15-9-8-12(14)4-2/h5-7,10,12,14H,3-4,8-9H2,1-2H3. The van der Waals surface area contributed by atoms with Crippen LogP contribution in [-0.2, 0) is 6.42 Å². The van der Waals surface area contributed by atoms with Gasteiger partial charge >= 0.3 is 0 Å². The smallest absolute Gasteiger partial charge is 0.119 e. The summed E-state index contributed by atoms with van der Waals surface area (Å²) in [5, 5.41) is 9.36. The van der Waals surface area contributed by atoms with Gasteiger partial charge in [0, 0.05) is 6.42 Å². The summed E-state index contributed by atoms with van der Waals surface area (Å²) in [5.74, 6) is 0.901. The van der Waals surface area contributed by atoms with Gasteiger partial charge in [-0.1, -0.05) is 26.0 Å². The lowest BCUT2D eigenvalue weighted by Gasteiger charge is -2.10. The maximum absolute atomic E-state index is 9.36. The molecule has 1 aromatic carbocycles. The molecule has 0 bridgehead atoms. The SMILES string of the molecule is CCc1cccc(OCCC(O)CC)c1. The van der Waals surface area contributed by atoms with Crippen molar-refractivity contribution in [1.82, 2.24) is 0 Å². The van der Waals surface area contributed by atoms with Crippen molar-refractivity contribution < 1.29 is 9.84 Å². The normalized spacial score (nSPS) is 12.5. The van der Waals surface area contributed by atoms with Crippen LogP contribution in [0.15, 0.2) is 24.3 Å². The van der Waals surface area contributed by atoms with Crippen LogP contribution < -0.4 is 4.74 Å². The Hall–Kier alpha value is -1.02. The molecule has 0 radical (unpaired) electrons. The largest absolute Gasteiger partial charge is 0.493 e. The van der Waals surface area contributed by atoms with E-state index in [9.17, 15) is 5.11 Å². The Morgan fingerprint density at radius 3 is 2.80 bits per heavy atom. The minimum atomic E-state index is -0.237. The first-order valence-corrected chi connectivity index (χ1v) is 5.66. The molecule has 0 aliphatic heterocycles. The van der Waals surface area contributed by atoms with E-state index in [1.807, 2.05) is 19.1 Å². The van der Waals surface area contributed by atoms with Gasteiger partial charge in [-0.3, -0.25) is 0 Å². The summed E-state index contributed by atoms with van der Waals surface area (Å²) in [7, 11) is 0. The van der Waals surface area contributed by atoms with E-state index in [2.05, 4.69) is 19.1 Å². The van der Waals surface area contributed by atoms with E-state index in [1.54, 1.807) is 0 Å². The van der Waals surface area contributed by atoms with Crippen molar-refractivity contribution in [2.45, 2.75) is 39.2 Å². The summed E-state index contributed by atoms with van der Waals surface area (Å²) in [5.41, 5.74) is 1.28. The van der Waals surface area contributed by atoms with Crippen LogP contribution in [0.2, 0.25) is 0 Å². The molecule has 0 saturated carbocycles. The highest BCUT2D eigenvalue weighted by molar-refractivity contribution is 5.28. The topological polar surface area (TPSA) is 29.5 Å². The lowest BCUT2D eigenvalue weighted by Crippen LogP contribution is -2.10. The van der Waals surface area contributed by atoms with E-state index >= 15 is 0 Å². The van der Waals surface area contributed by atoms with Gasteiger partial charge in [-0.2, -0.15) is 0 Å². The number of aliphatic hydroxyl groups excluding tert-OH is 1. The van der Waals surface area contributed by atoms with Crippen LogP contribution in [0.1, 0.15) is 32.3 Å². The van der Waals surface area contributed by atoms with Crippen LogP contribution in [0.5, 0.6) is 5.75 Å². The summed E-state index contributed by atoms with van der Waals surface area (Å²) in [6.07, 6.45) is 2.28. The van der Waals surface area contributed by atoms with Crippen LogP contribution in [0, 0.1) is 0 Å². The molecular formula is C13H20O2. The zero-order valence-corrected chi connectivity index (χ0v) is 9.57. The fourth-order valence-corrected chi connectivity index (χ4v) is 1.37. The van der Waals surface area contributed by atoms with Gasteiger partial charge in [0.15, 0.2) is 0 Å². The average molecular weight is 208 g/mol. The van der Waals surface area contributed by atoms with Crippen molar-refractivity contribution >= 4 is 0 Å². The Balaban J connectivity index is 2.37. The quantitative estimate of drug-likeness (QED) is 0.779. The fourth-order valence-electron chi connectivity index (χ4n) is 1.37. The Labute approximate surface area is 91.9 Å². The first-order valence-electron chi connectivity index (χ1n) is 5.66.